The molecule has 0 saturated heterocycles. The minimum Gasteiger partial charge on any atom is -0.481 e. The lowest BCUT2D eigenvalue weighted by atomic mass is 9.79. The van der Waals surface area contributed by atoms with Gasteiger partial charge in [0.25, 0.3) is 0 Å². The number of hydrogen-bond donors (Lipinski definition) is 2. The van der Waals surface area contributed by atoms with Crippen molar-refractivity contribution in [2.24, 2.45) is 11.3 Å². The highest BCUT2D eigenvalue weighted by molar-refractivity contribution is 5.70. The second kappa shape index (κ2) is 7.36. The van der Waals surface area contributed by atoms with Gasteiger partial charge in [0, 0.05) is 12.1 Å². The van der Waals surface area contributed by atoms with Gasteiger partial charge in [-0.15, -0.1) is 0 Å². The largest absolute Gasteiger partial charge is 0.481 e. The summed E-state index contributed by atoms with van der Waals surface area (Å²) in [5, 5.41) is 12.6. The molecule has 1 aliphatic rings. The van der Waals surface area contributed by atoms with Gasteiger partial charge in [-0.25, -0.2) is 0 Å². The second-order valence-corrected chi connectivity index (χ2v) is 7.98. The van der Waals surface area contributed by atoms with Crippen molar-refractivity contribution in [3.8, 4) is 0 Å². The van der Waals surface area contributed by atoms with Crippen molar-refractivity contribution in [2.45, 2.75) is 64.7 Å². The van der Waals surface area contributed by atoms with Crippen molar-refractivity contribution in [1.29, 1.82) is 0 Å². The van der Waals surface area contributed by atoms with Gasteiger partial charge in [0.1, 0.15) is 0 Å². The fourth-order valence-electron chi connectivity index (χ4n) is 3.48. The molecule has 25 heavy (non-hydrogen) atoms. The van der Waals surface area contributed by atoms with Gasteiger partial charge in [-0.05, 0) is 48.8 Å². The fourth-order valence-corrected chi connectivity index (χ4v) is 3.48. The third kappa shape index (κ3) is 5.21. The summed E-state index contributed by atoms with van der Waals surface area (Å²) in [5.74, 6) is -1.07. The van der Waals surface area contributed by atoms with Crippen LogP contribution in [0, 0.1) is 11.3 Å². The van der Waals surface area contributed by atoms with Crippen LogP contribution in [0.4, 0.5) is 13.2 Å². The lowest BCUT2D eigenvalue weighted by Gasteiger charge is -2.37. The number of hydrogen-bond acceptors (Lipinski definition) is 2. The Labute approximate surface area is 146 Å². The summed E-state index contributed by atoms with van der Waals surface area (Å²) in [6.45, 7) is 5.98. The summed E-state index contributed by atoms with van der Waals surface area (Å²) in [5.41, 5.74) is -0.299. The first-order valence-electron chi connectivity index (χ1n) is 8.64. The third-order valence-electron chi connectivity index (χ3n) is 4.89. The Hall–Kier alpha value is -1.56. The number of carbonyl (C=O) groups is 1. The molecule has 1 unspecified atom stereocenters. The highest BCUT2D eigenvalue weighted by Gasteiger charge is 2.34. The first-order valence-corrected chi connectivity index (χ1v) is 8.64. The molecule has 2 rings (SSSR count). The van der Waals surface area contributed by atoms with E-state index in [1.807, 2.05) is 20.8 Å². The highest BCUT2D eigenvalue weighted by atomic mass is 19.4. The van der Waals surface area contributed by atoms with Crippen LogP contribution < -0.4 is 5.32 Å². The number of halogens is 3. The Morgan fingerprint density at radius 1 is 1.16 bits per heavy atom. The van der Waals surface area contributed by atoms with E-state index in [9.17, 15) is 18.0 Å². The monoisotopic (exact) mass is 357 g/mol. The molecule has 6 heteroatoms. The van der Waals surface area contributed by atoms with Gasteiger partial charge < -0.3 is 10.4 Å². The minimum absolute atomic E-state index is 0.120. The molecule has 0 amide bonds. The Morgan fingerprint density at radius 2 is 1.76 bits per heavy atom. The summed E-state index contributed by atoms with van der Waals surface area (Å²) in [6.07, 6.45) is -1.71. The zero-order valence-electron chi connectivity index (χ0n) is 14.9. The van der Waals surface area contributed by atoms with Gasteiger partial charge in [0.2, 0.25) is 0 Å². The molecule has 1 aromatic rings. The first-order chi connectivity index (χ1) is 11.5. The Bertz CT molecular complexity index is 599. The van der Waals surface area contributed by atoms with Crippen molar-refractivity contribution in [2.75, 3.05) is 0 Å². The zero-order valence-corrected chi connectivity index (χ0v) is 14.9. The maximum Gasteiger partial charge on any atom is 0.416 e. The van der Waals surface area contributed by atoms with Crippen LogP contribution in [0.2, 0.25) is 0 Å². The van der Waals surface area contributed by atoms with Crippen molar-refractivity contribution in [1.82, 2.24) is 5.32 Å². The molecule has 0 radical (unpaired) electrons. The summed E-state index contributed by atoms with van der Waals surface area (Å²) in [6, 6.07) is 5.35. The molecule has 2 N–H and O–H groups in total. The van der Waals surface area contributed by atoms with Gasteiger partial charge >= 0.3 is 12.1 Å². The van der Waals surface area contributed by atoms with Crippen LogP contribution in [0.25, 0.3) is 0 Å². The molecule has 0 aliphatic heterocycles. The normalized spacial score (nSPS) is 23.3. The SMILES string of the molecule is CC(C)(C)C(NC1CCC(C(=O)O)CC1)c1cccc(C(F)(F)F)c1. The number of benzene rings is 1. The Balaban J connectivity index is 2.17. The topological polar surface area (TPSA) is 49.3 Å². The maximum absolute atomic E-state index is 13.0. The Kier molecular flexibility index (Phi) is 5.82. The lowest BCUT2D eigenvalue weighted by Crippen LogP contribution is -2.42. The smallest absolute Gasteiger partial charge is 0.416 e. The van der Waals surface area contributed by atoms with E-state index in [0.717, 1.165) is 18.9 Å². The molecular formula is C19H26F3NO2. The van der Waals surface area contributed by atoms with Gasteiger partial charge in [0.15, 0.2) is 0 Å². The molecule has 0 aromatic heterocycles. The molecule has 0 spiro atoms. The lowest BCUT2D eigenvalue weighted by molar-refractivity contribution is -0.143. The van der Waals surface area contributed by atoms with E-state index < -0.39 is 17.7 Å². The number of nitrogens with one attached hydrogen (secondary N) is 1. The van der Waals surface area contributed by atoms with Crippen molar-refractivity contribution in [3.63, 3.8) is 0 Å². The van der Waals surface area contributed by atoms with E-state index in [1.54, 1.807) is 6.07 Å². The predicted molar refractivity (Wildman–Crippen MR) is 90.2 cm³/mol. The van der Waals surface area contributed by atoms with Crippen molar-refractivity contribution < 1.29 is 23.1 Å². The highest BCUT2D eigenvalue weighted by Crippen LogP contribution is 2.38. The minimum atomic E-state index is -4.36. The second-order valence-electron chi connectivity index (χ2n) is 7.98. The average molecular weight is 357 g/mol. The Morgan fingerprint density at radius 3 is 2.24 bits per heavy atom. The third-order valence-corrected chi connectivity index (χ3v) is 4.89. The number of rotatable bonds is 4. The van der Waals surface area contributed by atoms with Crippen LogP contribution >= 0.6 is 0 Å². The molecule has 1 aromatic carbocycles. The number of aliphatic carboxylic acids is 1. The van der Waals surface area contributed by atoms with Gasteiger partial charge in [-0.1, -0.05) is 32.9 Å². The predicted octanol–water partition coefficient (Wildman–Crippen LogP) is 5.03. The van der Waals surface area contributed by atoms with Crippen LogP contribution in [-0.4, -0.2) is 17.1 Å². The van der Waals surface area contributed by atoms with Crippen LogP contribution in [-0.2, 0) is 11.0 Å². The number of carboxylic acids is 1. The quantitative estimate of drug-likeness (QED) is 0.795. The summed E-state index contributed by atoms with van der Waals surface area (Å²) < 4.78 is 39.1. The summed E-state index contributed by atoms with van der Waals surface area (Å²) >= 11 is 0. The molecule has 1 saturated carbocycles. The molecule has 1 aliphatic carbocycles. The average Bonchev–Trinajstić information content (AvgIpc) is 2.51. The van der Waals surface area contributed by atoms with E-state index in [2.05, 4.69) is 5.32 Å². The van der Waals surface area contributed by atoms with E-state index >= 15 is 0 Å². The van der Waals surface area contributed by atoms with Crippen LogP contribution in [0.1, 0.15) is 63.6 Å². The zero-order chi connectivity index (χ0) is 18.8. The maximum atomic E-state index is 13.0. The summed E-state index contributed by atoms with van der Waals surface area (Å²) in [7, 11) is 0. The van der Waals surface area contributed by atoms with Crippen molar-refractivity contribution in [3.05, 3.63) is 35.4 Å². The van der Waals surface area contributed by atoms with Gasteiger partial charge in [0.05, 0.1) is 11.5 Å². The number of alkyl halides is 3. The molecule has 1 atom stereocenters. The number of carboxylic acid groups (broad SMARTS) is 1. The fraction of sp³-hybridized carbons (Fsp3) is 0.632. The molecule has 3 nitrogen and oxygen atoms in total. The first kappa shape index (κ1) is 19.8. The van der Waals surface area contributed by atoms with E-state index in [-0.39, 0.29) is 23.4 Å². The molecule has 140 valence electrons. The van der Waals surface area contributed by atoms with E-state index in [4.69, 9.17) is 5.11 Å². The van der Waals surface area contributed by atoms with Gasteiger partial charge in [-0.2, -0.15) is 13.2 Å². The van der Waals surface area contributed by atoms with E-state index in [1.165, 1.54) is 12.1 Å². The van der Waals surface area contributed by atoms with Crippen LogP contribution in [0.5, 0.6) is 0 Å². The molecule has 1 fully saturated rings. The summed E-state index contributed by atoms with van der Waals surface area (Å²) in [4.78, 5) is 11.1. The van der Waals surface area contributed by atoms with Crippen molar-refractivity contribution >= 4 is 5.97 Å². The van der Waals surface area contributed by atoms with Crippen LogP contribution in [0.3, 0.4) is 0 Å². The molecule has 0 heterocycles. The van der Waals surface area contributed by atoms with Crippen LogP contribution in [0.15, 0.2) is 24.3 Å². The standard InChI is InChI=1S/C19H26F3NO2/c1-18(2,3)16(13-5-4-6-14(11-13)19(20,21)22)23-15-9-7-12(8-10-15)17(24)25/h4-6,11-12,15-16,23H,7-10H2,1-3H3,(H,24,25). The van der Waals surface area contributed by atoms with Gasteiger partial charge in [-0.3, -0.25) is 4.79 Å². The molecular weight excluding hydrogens is 331 g/mol. The molecule has 0 bridgehead atoms. The van der Waals surface area contributed by atoms with E-state index in [0.29, 0.717) is 18.4 Å².